The van der Waals surface area contributed by atoms with Gasteiger partial charge in [0.25, 0.3) is 0 Å². The predicted octanol–water partition coefficient (Wildman–Crippen LogP) is 3.90. The van der Waals surface area contributed by atoms with Gasteiger partial charge in [0.2, 0.25) is 0 Å². The van der Waals surface area contributed by atoms with Crippen molar-refractivity contribution >= 4 is 14.2 Å². The number of H-pyrrole nitrogens is 3. The van der Waals surface area contributed by atoms with Crippen molar-refractivity contribution in [2.45, 2.75) is 163 Å². The van der Waals surface area contributed by atoms with E-state index in [1.807, 2.05) is 18.6 Å². The third-order valence-corrected chi connectivity index (χ3v) is 25.0. The Bertz CT molecular complexity index is 2420. The standard InChI is InChI=1S/C21H32N2O2.C20H32N2O3.C20H30N2O3.B.Na.H/c1-13-4-5-17-16(12-25)18(6-7-20(13,17)2)21(3)9-14-10-22-23-19(14)8-15(21)11-24;2*1-19-6-5-16(14(11-24)15(19)3-4-18(19)25)20(2)8-12-9-21-22-17(12)7-13(20)10-23;;;/h10,15-18,24-25H,1,4-9,11-12H2,2-3H3,(H,22,23);9,13-16,18,23-25H,3-8,10-11H2,1-2H3,(H,21,22);9,13-16,23-24H,3-8,10-11H2,1-2H3,(H,21,22);;;/q;;;;+1;-1/t15-,16+,17+,18+,20-,21+;13-,14+,15+,16+,18?,19+,20+;13-,14+,15+,16+,19+,20+;;;/m111.../s1. The maximum atomic E-state index is 12.5. The summed E-state index contributed by atoms with van der Waals surface area (Å²) in [7, 11) is 0. The molecule has 19 atom stereocenters. The zero-order valence-corrected chi connectivity index (χ0v) is 49.9. The molecule has 3 aromatic heterocycles. The van der Waals surface area contributed by atoms with E-state index in [0.29, 0.717) is 47.7 Å². The molecule has 0 amide bonds. The number of rotatable bonds is 9. The first-order valence-electron chi connectivity index (χ1n) is 29.4. The Morgan fingerprint density at radius 3 is 1.29 bits per heavy atom. The SMILES string of the molecule is C=C1CC[C@H]2[C@H](CO)[C@@H]([C@@]3(C)Cc4cn[nH]c4C[C@@H]3CO)CC[C@]12C.C[C@]1([C@H]2CC[C@]3(C)C(=O)CC[C@H]3[C@@H]2CO)Cc2cn[nH]c2C[C@@H]1CO.C[C@]1([C@H]2CC[C@]3(C)C(O)CC[C@H]3[C@@H]2CO)Cc2cn[nH]c2C[C@@H]1CO.[B].[H-].[Na+]. The largest absolute Gasteiger partial charge is 1.00 e. The van der Waals surface area contributed by atoms with Crippen LogP contribution in [0.25, 0.3) is 0 Å². The summed E-state index contributed by atoms with van der Waals surface area (Å²) in [6.45, 7) is 19.1. The van der Waals surface area contributed by atoms with E-state index >= 15 is 0 Å². The monoisotopic (exact) mass is 1070 g/mol. The first-order valence-corrected chi connectivity index (χ1v) is 29.4. The van der Waals surface area contributed by atoms with Gasteiger partial charge in [0.1, 0.15) is 5.78 Å². The van der Waals surface area contributed by atoms with Crippen LogP contribution in [0.15, 0.2) is 30.7 Å². The topological polar surface area (TPSA) is 245 Å². The molecule has 6 saturated carbocycles. The second-order valence-electron chi connectivity index (χ2n) is 27.8. The second kappa shape index (κ2) is 23.2. The van der Waals surface area contributed by atoms with Gasteiger partial charge in [0, 0.05) is 77.0 Å². The molecule has 3 radical (unpaired) electrons. The van der Waals surface area contributed by atoms with E-state index in [1.54, 1.807) is 0 Å². The van der Waals surface area contributed by atoms with Crippen LogP contribution in [-0.2, 0) is 43.3 Å². The van der Waals surface area contributed by atoms with Crippen LogP contribution in [0, 0.1) is 104 Å². The van der Waals surface area contributed by atoms with Gasteiger partial charge in [-0.3, -0.25) is 20.1 Å². The Hall–Kier alpha value is -2.18. The van der Waals surface area contributed by atoms with Crippen molar-refractivity contribution in [3.63, 3.8) is 0 Å². The summed E-state index contributed by atoms with van der Waals surface area (Å²) in [5.74, 6) is 4.00. The minimum absolute atomic E-state index is 0. The van der Waals surface area contributed by atoms with E-state index in [4.69, 9.17) is 0 Å². The number of hydrogen-bond donors (Lipinski definition) is 10. The molecular formula is C61H95BN6NaO8. The molecule has 0 saturated heterocycles. The van der Waals surface area contributed by atoms with E-state index in [9.17, 15) is 40.5 Å². The van der Waals surface area contributed by atoms with Gasteiger partial charge in [0.15, 0.2) is 0 Å². The van der Waals surface area contributed by atoms with Crippen molar-refractivity contribution < 1.29 is 71.5 Å². The number of aliphatic hydroxyl groups is 7. The quantitative estimate of drug-likeness (QED) is 0.109. The number of fused-ring (bicyclic) bond motifs is 6. The molecule has 12 rings (SSSR count). The fraction of sp³-hybridized carbons (Fsp3) is 0.803. The zero-order valence-electron chi connectivity index (χ0n) is 48.9. The number of nitrogens with zero attached hydrogens (tertiary/aromatic N) is 3. The van der Waals surface area contributed by atoms with E-state index in [1.165, 1.54) is 34.4 Å². The minimum atomic E-state index is -0.246. The third-order valence-electron chi connectivity index (χ3n) is 25.0. The Morgan fingerprint density at radius 1 is 0.506 bits per heavy atom. The van der Waals surface area contributed by atoms with Gasteiger partial charge in [-0.15, -0.1) is 0 Å². The number of ketones is 1. The number of hydrogen-bond acceptors (Lipinski definition) is 11. The smallest absolute Gasteiger partial charge is 1.00 e. The fourth-order valence-corrected chi connectivity index (χ4v) is 20.0. The first-order chi connectivity index (χ1) is 35.8. The number of allylic oxidation sites excluding steroid dienone is 1. The van der Waals surface area contributed by atoms with Crippen LogP contribution in [0.5, 0.6) is 0 Å². The van der Waals surface area contributed by atoms with Gasteiger partial charge < -0.3 is 37.2 Å². The molecule has 1 unspecified atom stereocenters. The van der Waals surface area contributed by atoms with Crippen LogP contribution in [0.4, 0.5) is 0 Å². The van der Waals surface area contributed by atoms with Crippen LogP contribution >= 0.6 is 0 Å². The van der Waals surface area contributed by atoms with Gasteiger partial charge in [0.05, 0.1) is 24.7 Å². The van der Waals surface area contributed by atoms with E-state index in [-0.39, 0.29) is 153 Å². The molecule has 0 bridgehead atoms. The van der Waals surface area contributed by atoms with Gasteiger partial charge in [-0.05, 0) is 224 Å². The second-order valence-corrected chi connectivity index (χ2v) is 27.8. The average Bonchev–Trinajstić information content (AvgIpc) is 4.29. The molecule has 16 heteroatoms. The van der Waals surface area contributed by atoms with Gasteiger partial charge in [-0.25, -0.2) is 0 Å². The van der Waals surface area contributed by atoms with Crippen molar-refractivity contribution in [2.75, 3.05) is 39.6 Å². The maximum Gasteiger partial charge on any atom is 1.00 e. The predicted molar refractivity (Wildman–Crippen MR) is 293 cm³/mol. The molecule has 9 aliphatic carbocycles. The number of Topliss-reactive ketones (excluding diaryl/α,β-unsaturated/α-hetero) is 1. The van der Waals surface area contributed by atoms with Crippen LogP contribution < -0.4 is 29.6 Å². The van der Waals surface area contributed by atoms with Crippen LogP contribution in [0.1, 0.15) is 154 Å². The number of carbonyl (C=O) groups is 1. The van der Waals surface area contributed by atoms with Gasteiger partial charge in [-0.2, -0.15) is 15.3 Å². The van der Waals surface area contributed by atoms with Crippen molar-refractivity contribution in [3.8, 4) is 0 Å². The summed E-state index contributed by atoms with van der Waals surface area (Å²) >= 11 is 0. The molecular weight excluding hydrogens is 979 g/mol. The van der Waals surface area contributed by atoms with Crippen molar-refractivity contribution in [1.82, 2.24) is 30.6 Å². The van der Waals surface area contributed by atoms with Crippen LogP contribution in [-0.4, -0.2) is 126 Å². The molecule has 0 spiro atoms. The summed E-state index contributed by atoms with van der Waals surface area (Å²) in [6, 6.07) is 0. The molecule has 3 heterocycles. The summed E-state index contributed by atoms with van der Waals surface area (Å²) in [5, 5.41) is 93.8. The first kappa shape index (κ1) is 60.9. The van der Waals surface area contributed by atoms with Crippen LogP contribution in [0.2, 0.25) is 0 Å². The molecule has 9 aliphatic rings. The average molecular weight is 1070 g/mol. The number of aromatic amines is 3. The summed E-state index contributed by atoms with van der Waals surface area (Å²) in [6.07, 6.45) is 22.8. The number of nitrogens with one attached hydrogen (secondary N) is 3. The Morgan fingerprint density at radius 2 is 0.870 bits per heavy atom. The van der Waals surface area contributed by atoms with Crippen molar-refractivity contribution in [3.05, 3.63) is 64.5 Å². The normalized spacial score (nSPS) is 43.6. The molecule has 14 nitrogen and oxygen atoms in total. The maximum absolute atomic E-state index is 12.5. The van der Waals surface area contributed by atoms with E-state index < -0.39 is 0 Å². The Labute approximate surface area is 484 Å². The molecule has 0 aliphatic heterocycles. The minimum Gasteiger partial charge on any atom is -1.00 e. The summed E-state index contributed by atoms with van der Waals surface area (Å²) in [4.78, 5) is 12.5. The number of carbonyl (C=O) groups excluding carboxylic acids is 1. The van der Waals surface area contributed by atoms with Crippen molar-refractivity contribution in [2.24, 2.45) is 104 Å². The molecule has 421 valence electrons. The van der Waals surface area contributed by atoms with Gasteiger partial charge in [-0.1, -0.05) is 53.7 Å². The number of aromatic nitrogens is 6. The molecule has 0 aromatic carbocycles. The summed E-state index contributed by atoms with van der Waals surface area (Å²) < 4.78 is 0. The molecule has 10 N–H and O–H groups in total. The van der Waals surface area contributed by atoms with Crippen LogP contribution in [0.3, 0.4) is 0 Å². The molecule has 6 fully saturated rings. The Balaban J connectivity index is 0.000000166. The molecule has 77 heavy (non-hydrogen) atoms. The number of aliphatic hydroxyl groups excluding tert-OH is 7. The van der Waals surface area contributed by atoms with E-state index in [2.05, 4.69) is 78.7 Å². The fourth-order valence-electron chi connectivity index (χ4n) is 20.0. The molecule has 3 aromatic rings. The third kappa shape index (κ3) is 9.93. The van der Waals surface area contributed by atoms with Gasteiger partial charge >= 0.3 is 29.6 Å². The van der Waals surface area contributed by atoms with Crippen molar-refractivity contribution in [1.29, 1.82) is 0 Å². The zero-order chi connectivity index (χ0) is 53.5. The van der Waals surface area contributed by atoms with E-state index in [0.717, 1.165) is 114 Å². The Kier molecular flexibility index (Phi) is 18.4. The summed E-state index contributed by atoms with van der Waals surface area (Å²) in [5.41, 5.74) is 8.52.